The van der Waals surface area contributed by atoms with Crippen LogP contribution < -0.4 is 4.74 Å². The van der Waals surface area contributed by atoms with Gasteiger partial charge in [0.15, 0.2) is 0 Å². The van der Waals surface area contributed by atoms with Gasteiger partial charge in [-0.15, -0.1) is 0 Å². The highest BCUT2D eigenvalue weighted by Crippen LogP contribution is 2.51. The van der Waals surface area contributed by atoms with Crippen LogP contribution in [0.15, 0.2) is 24.3 Å². The number of aliphatic hydroxyl groups is 1. The molecule has 0 radical (unpaired) electrons. The van der Waals surface area contributed by atoms with Crippen LogP contribution in [-0.4, -0.2) is 40.7 Å². The molecule has 1 heterocycles. The van der Waals surface area contributed by atoms with Crippen LogP contribution in [0.2, 0.25) is 0 Å². The summed E-state index contributed by atoms with van der Waals surface area (Å²) < 4.78 is 6.09. The number of amides is 1. The third kappa shape index (κ3) is 3.41. The minimum absolute atomic E-state index is 0.0445. The Hall–Kier alpha value is -1.55. The number of aryl methyl sites for hydroxylation is 1. The molecule has 1 spiro atoms. The molecular formula is C21H29NO3. The van der Waals surface area contributed by atoms with Crippen LogP contribution in [0.5, 0.6) is 5.75 Å². The molecule has 0 aromatic heterocycles. The van der Waals surface area contributed by atoms with Gasteiger partial charge in [-0.05, 0) is 69.9 Å². The van der Waals surface area contributed by atoms with Crippen LogP contribution >= 0.6 is 0 Å². The number of hydrogen-bond donors (Lipinski definition) is 1. The van der Waals surface area contributed by atoms with E-state index in [2.05, 4.69) is 31.2 Å². The monoisotopic (exact) mass is 343 g/mol. The maximum absolute atomic E-state index is 12.5. The summed E-state index contributed by atoms with van der Waals surface area (Å²) in [5, 5.41) is 9.84. The Morgan fingerprint density at radius 3 is 2.28 bits per heavy atom. The lowest BCUT2D eigenvalue weighted by Gasteiger charge is -2.52. The van der Waals surface area contributed by atoms with Gasteiger partial charge in [0.05, 0.1) is 11.7 Å². The Kier molecular flexibility index (Phi) is 4.06. The highest BCUT2D eigenvalue weighted by molar-refractivity contribution is 5.80. The van der Waals surface area contributed by atoms with Crippen molar-refractivity contribution >= 4 is 5.91 Å². The topological polar surface area (TPSA) is 49.8 Å². The highest BCUT2D eigenvalue weighted by atomic mass is 16.5. The second-order valence-electron chi connectivity index (χ2n) is 8.89. The summed E-state index contributed by atoms with van der Waals surface area (Å²) in [6.07, 6.45) is 5.99. The van der Waals surface area contributed by atoms with Gasteiger partial charge < -0.3 is 14.7 Å². The summed E-state index contributed by atoms with van der Waals surface area (Å²) in [6, 6.07) is 8.28. The van der Waals surface area contributed by atoms with E-state index in [4.69, 9.17) is 4.74 Å². The number of piperidine rings is 1. The lowest BCUT2D eigenvalue weighted by molar-refractivity contribution is -0.154. The Morgan fingerprint density at radius 2 is 1.72 bits per heavy atom. The smallest absolute Gasteiger partial charge is 0.225 e. The Bertz CT molecular complexity index is 628. The molecule has 2 saturated carbocycles. The van der Waals surface area contributed by atoms with E-state index in [1.165, 1.54) is 5.56 Å². The number of carbonyl (C=O) groups is 1. The second kappa shape index (κ2) is 6.01. The molecule has 1 saturated heterocycles. The van der Waals surface area contributed by atoms with Gasteiger partial charge in [0.1, 0.15) is 5.75 Å². The maximum atomic E-state index is 12.5. The summed E-state index contributed by atoms with van der Waals surface area (Å²) in [5.74, 6) is 1.27. The second-order valence-corrected chi connectivity index (χ2v) is 8.89. The molecule has 4 rings (SSSR count). The Labute approximate surface area is 150 Å². The number of likely N-dealkylation sites (tertiary alicyclic amines) is 1. The van der Waals surface area contributed by atoms with E-state index in [-0.39, 0.29) is 11.8 Å². The lowest BCUT2D eigenvalue weighted by atomic mass is 9.61. The van der Waals surface area contributed by atoms with Crippen LogP contribution in [0.3, 0.4) is 0 Å². The summed E-state index contributed by atoms with van der Waals surface area (Å²) in [4.78, 5) is 14.5. The third-order valence-electron chi connectivity index (χ3n) is 6.50. The number of benzene rings is 1. The van der Waals surface area contributed by atoms with Crippen molar-refractivity contribution < 1.29 is 14.6 Å². The van der Waals surface area contributed by atoms with Gasteiger partial charge in [0.25, 0.3) is 0 Å². The standard InChI is InChI=1S/C21H29NO3/c1-15-3-5-17(6-4-15)25-18-13-21(14-18)7-9-22(10-8-21)19(23)16-11-20(2,24)12-16/h3-6,16,18,24H,7-14H2,1-2H3. The van der Waals surface area contributed by atoms with Gasteiger partial charge in [-0.25, -0.2) is 0 Å². The van der Waals surface area contributed by atoms with Crippen molar-refractivity contribution in [2.24, 2.45) is 11.3 Å². The van der Waals surface area contributed by atoms with Crippen molar-refractivity contribution in [3.63, 3.8) is 0 Å². The summed E-state index contributed by atoms with van der Waals surface area (Å²) in [7, 11) is 0. The van der Waals surface area contributed by atoms with Crippen molar-refractivity contribution in [1.29, 1.82) is 0 Å². The van der Waals surface area contributed by atoms with E-state index in [0.29, 0.717) is 24.4 Å². The first-order valence-corrected chi connectivity index (χ1v) is 9.59. The minimum atomic E-state index is -0.619. The molecule has 4 nitrogen and oxygen atoms in total. The predicted molar refractivity (Wildman–Crippen MR) is 96.4 cm³/mol. The normalized spacial score (nSPS) is 31.3. The minimum Gasteiger partial charge on any atom is -0.490 e. The van der Waals surface area contributed by atoms with Crippen LogP contribution in [0.1, 0.15) is 51.0 Å². The first-order valence-electron chi connectivity index (χ1n) is 9.59. The quantitative estimate of drug-likeness (QED) is 0.916. The van der Waals surface area contributed by atoms with E-state index in [9.17, 15) is 9.90 Å². The Balaban J connectivity index is 1.23. The molecule has 0 bridgehead atoms. The molecule has 25 heavy (non-hydrogen) atoms. The molecular weight excluding hydrogens is 314 g/mol. The summed E-state index contributed by atoms with van der Waals surface area (Å²) in [5.41, 5.74) is 1.02. The molecule has 1 N–H and O–H groups in total. The van der Waals surface area contributed by atoms with Gasteiger partial charge in [-0.3, -0.25) is 4.79 Å². The lowest BCUT2D eigenvalue weighted by Crippen LogP contribution is -2.55. The SMILES string of the molecule is Cc1ccc(OC2CC3(CCN(C(=O)C4CC(C)(O)C4)CC3)C2)cc1. The van der Waals surface area contributed by atoms with Gasteiger partial charge in [0, 0.05) is 19.0 Å². The molecule has 1 aromatic carbocycles. The molecule has 1 aliphatic heterocycles. The predicted octanol–water partition coefficient (Wildman–Crippen LogP) is 3.31. The van der Waals surface area contributed by atoms with E-state index < -0.39 is 5.60 Å². The molecule has 3 aliphatic rings. The fraction of sp³-hybridized carbons (Fsp3) is 0.667. The van der Waals surface area contributed by atoms with E-state index in [1.807, 2.05) is 11.8 Å². The number of carbonyl (C=O) groups excluding carboxylic acids is 1. The third-order valence-corrected chi connectivity index (χ3v) is 6.50. The molecule has 0 atom stereocenters. The first-order chi connectivity index (χ1) is 11.8. The van der Waals surface area contributed by atoms with Gasteiger partial charge in [0.2, 0.25) is 5.91 Å². The fourth-order valence-electron chi connectivity index (χ4n) is 4.84. The largest absolute Gasteiger partial charge is 0.490 e. The van der Waals surface area contributed by atoms with Crippen molar-refractivity contribution in [3.05, 3.63) is 29.8 Å². The van der Waals surface area contributed by atoms with Crippen molar-refractivity contribution in [1.82, 2.24) is 4.90 Å². The molecule has 136 valence electrons. The zero-order valence-electron chi connectivity index (χ0n) is 15.3. The van der Waals surface area contributed by atoms with Gasteiger partial charge in [-0.1, -0.05) is 17.7 Å². The number of hydrogen-bond acceptors (Lipinski definition) is 3. The molecule has 1 amide bonds. The number of rotatable bonds is 3. The summed E-state index contributed by atoms with van der Waals surface area (Å²) in [6.45, 7) is 5.65. The van der Waals surface area contributed by atoms with Crippen LogP contribution in [0.25, 0.3) is 0 Å². The first kappa shape index (κ1) is 16.9. The van der Waals surface area contributed by atoms with E-state index >= 15 is 0 Å². The van der Waals surface area contributed by atoms with E-state index in [0.717, 1.165) is 44.5 Å². The van der Waals surface area contributed by atoms with Crippen molar-refractivity contribution in [2.75, 3.05) is 13.1 Å². The number of nitrogens with zero attached hydrogens (tertiary/aromatic N) is 1. The average molecular weight is 343 g/mol. The van der Waals surface area contributed by atoms with Crippen LogP contribution in [0.4, 0.5) is 0 Å². The molecule has 3 fully saturated rings. The van der Waals surface area contributed by atoms with Crippen LogP contribution in [0, 0.1) is 18.3 Å². The van der Waals surface area contributed by atoms with Gasteiger partial charge in [-0.2, -0.15) is 0 Å². The fourth-order valence-corrected chi connectivity index (χ4v) is 4.84. The molecule has 4 heteroatoms. The number of ether oxygens (including phenoxy) is 1. The van der Waals surface area contributed by atoms with Crippen molar-refractivity contribution in [3.8, 4) is 5.75 Å². The highest BCUT2D eigenvalue weighted by Gasteiger charge is 2.49. The Morgan fingerprint density at radius 1 is 1.12 bits per heavy atom. The summed E-state index contributed by atoms with van der Waals surface area (Å²) >= 11 is 0. The van der Waals surface area contributed by atoms with Crippen LogP contribution in [-0.2, 0) is 4.79 Å². The average Bonchev–Trinajstić information content (AvgIpc) is 2.53. The van der Waals surface area contributed by atoms with E-state index in [1.54, 1.807) is 0 Å². The van der Waals surface area contributed by atoms with Gasteiger partial charge >= 0.3 is 0 Å². The maximum Gasteiger partial charge on any atom is 0.225 e. The molecule has 0 unspecified atom stereocenters. The van der Waals surface area contributed by atoms with Crippen molar-refractivity contribution in [2.45, 2.75) is 64.1 Å². The molecule has 1 aromatic rings. The zero-order chi connectivity index (χ0) is 17.7. The zero-order valence-corrected chi connectivity index (χ0v) is 15.3. The molecule has 2 aliphatic carbocycles.